The molecule has 1 aliphatic rings. The number of hydrogen-bond donors (Lipinski definition) is 1. The first-order chi connectivity index (χ1) is 11.4. The Morgan fingerprint density at radius 3 is 2.78 bits per heavy atom. The van der Waals surface area contributed by atoms with Gasteiger partial charge in [0.1, 0.15) is 0 Å². The summed E-state index contributed by atoms with van der Waals surface area (Å²) in [6, 6.07) is 10.1. The van der Waals surface area contributed by atoms with Gasteiger partial charge in [-0.25, -0.2) is 4.98 Å². The second kappa shape index (κ2) is 6.34. The van der Waals surface area contributed by atoms with E-state index in [1.54, 1.807) is 6.20 Å². The van der Waals surface area contributed by atoms with E-state index in [1.165, 1.54) is 0 Å². The molecule has 3 aromatic rings. The van der Waals surface area contributed by atoms with E-state index in [2.05, 4.69) is 20.5 Å². The molecule has 4 rings (SSSR count). The van der Waals surface area contributed by atoms with E-state index in [4.69, 9.17) is 4.74 Å². The second-order valence-corrected chi connectivity index (χ2v) is 5.80. The van der Waals surface area contributed by atoms with Gasteiger partial charge >= 0.3 is 0 Å². The minimum Gasteiger partial charge on any atom is -0.381 e. The van der Waals surface area contributed by atoms with Crippen LogP contribution in [0.15, 0.2) is 42.7 Å². The number of rotatable bonds is 4. The number of nitrogens with one attached hydrogen (secondary N) is 1. The van der Waals surface area contributed by atoms with Gasteiger partial charge in [0.2, 0.25) is 5.65 Å². The predicted molar refractivity (Wildman–Crippen MR) is 88.3 cm³/mol. The van der Waals surface area contributed by atoms with Crippen LogP contribution in [0.5, 0.6) is 0 Å². The van der Waals surface area contributed by atoms with Crippen LogP contribution in [0.2, 0.25) is 0 Å². The van der Waals surface area contributed by atoms with Gasteiger partial charge in [-0.2, -0.15) is 0 Å². The van der Waals surface area contributed by atoms with Crippen LogP contribution < -0.4 is 5.32 Å². The smallest absolute Gasteiger partial charge is 0.203 e. The molecule has 0 atom stereocenters. The van der Waals surface area contributed by atoms with E-state index in [1.807, 2.05) is 40.9 Å². The molecule has 0 aliphatic carbocycles. The maximum absolute atomic E-state index is 5.40. The SMILES string of the molecule is c1ccc(-c2nnc3c(NCC4CCOCC4)nccn23)cc1. The second-order valence-electron chi connectivity index (χ2n) is 5.80. The highest BCUT2D eigenvalue weighted by molar-refractivity contribution is 5.67. The molecule has 0 spiro atoms. The minimum absolute atomic E-state index is 0.627. The maximum Gasteiger partial charge on any atom is 0.203 e. The molecule has 1 aliphatic heterocycles. The van der Waals surface area contributed by atoms with Gasteiger partial charge in [-0.15, -0.1) is 10.2 Å². The van der Waals surface area contributed by atoms with Crippen LogP contribution in [-0.2, 0) is 4.74 Å². The molecule has 0 bridgehead atoms. The van der Waals surface area contributed by atoms with E-state index < -0.39 is 0 Å². The van der Waals surface area contributed by atoms with Gasteiger partial charge in [-0.05, 0) is 18.8 Å². The van der Waals surface area contributed by atoms with Crippen LogP contribution in [0.4, 0.5) is 5.82 Å². The molecule has 1 saturated heterocycles. The molecule has 0 saturated carbocycles. The van der Waals surface area contributed by atoms with Crippen molar-refractivity contribution in [3.05, 3.63) is 42.7 Å². The molecular formula is C17H19N5O. The highest BCUT2D eigenvalue weighted by Crippen LogP contribution is 2.21. The van der Waals surface area contributed by atoms with E-state index in [-0.39, 0.29) is 0 Å². The van der Waals surface area contributed by atoms with Crippen molar-refractivity contribution in [2.24, 2.45) is 5.92 Å². The van der Waals surface area contributed by atoms with Crippen molar-refractivity contribution >= 4 is 11.5 Å². The van der Waals surface area contributed by atoms with Gasteiger partial charge in [-0.3, -0.25) is 4.40 Å². The zero-order valence-corrected chi connectivity index (χ0v) is 12.9. The largest absolute Gasteiger partial charge is 0.381 e. The Bertz CT molecular complexity index is 780. The molecule has 2 aromatic heterocycles. The summed E-state index contributed by atoms with van der Waals surface area (Å²) in [6.45, 7) is 2.60. The highest BCUT2D eigenvalue weighted by atomic mass is 16.5. The topological polar surface area (TPSA) is 64.3 Å². The summed E-state index contributed by atoms with van der Waals surface area (Å²) in [4.78, 5) is 4.43. The summed E-state index contributed by atoms with van der Waals surface area (Å²) in [5.41, 5.74) is 1.81. The Hall–Kier alpha value is -2.47. The Labute approximate surface area is 134 Å². The summed E-state index contributed by atoms with van der Waals surface area (Å²) < 4.78 is 7.39. The Morgan fingerprint density at radius 2 is 1.96 bits per heavy atom. The molecule has 1 N–H and O–H groups in total. The van der Waals surface area contributed by atoms with Gasteiger partial charge in [0.15, 0.2) is 11.6 Å². The minimum atomic E-state index is 0.627. The lowest BCUT2D eigenvalue weighted by atomic mass is 10.0. The molecule has 3 heterocycles. The Balaban J connectivity index is 1.60. The number of nitrogens with zero attached hydrogens (tertiary/aromatic N) is 4. The van der Waals surface area contributed by atoms with E-state index in [9.17, 15) is 0 Å². The first-order valence-electron chi connectivity index (χ1n) is 7.98. The standard InChI is InChI=1S/C17H19N5O/c1-2-4-14(5-3-1)16-20-21-17-15(18-8-9-22(16)17)19-12-13-6-10-23-11-7-13/h1-5,8-9,13H,6-7,10-12H2,(H,18,19). The zero-order chi connectivity index (χ0) is 15.5. The molecule has 0 radical (unpaired) electrons. The quantitative estimate of drug-likeness (QED) is 0.802. The average molecular weight is 309 g/mol. The number of fused-ring (bicyclic) bond motifs is 1. The zero-order valence-electron chi connectivity index (χ0n) is 12.9. The Kier molecular flexibility index (Phi) is 3.90. The van der Waals surface area contributed by atoms with E-state index in [0.717, 1.165) is 55.5 Å². The summed E-state index contributed by atoms with van der Waals surface area (Å²) in [6.07, 6.45) is 5.88. The molecule has 1 fully saturated rings. The normalized spacial score (nSPS) is 15.8. The number of ether oxygens (including phenoxy) is 1. The predicted octanol–water partition coefficient (Wildman–Crippen LogP) is 2.63. The number of aromatic nitrogens is 4. The van der Waals surface area contributed by atoms with Crippen molar-refractivity contribution in [2.45, 2.75) is 12.8 Å². The molecule has 1 aromatic carbocycles. The van der Waals surface area contributed by atoms with Gasteiger partial charge in [0, 0.05) is 37.7 Å². The van der Waals surface area contributed by atoms with Gasteiger partial charge in [0.25, 0.3) is 0 Å². The first kappa shape index (κ1) is 14.1. The van der Waals surface area contributed by atoms with Gasteiger partial charge in [0.05, 0.1) is 0 Å². The number of anilines is 1. The Morgan fingerprint density at radius 1 is 1.13 bits per heavy atom. The molecule has 6 heteroatoms. The summed E-state index contributed by atoms with van der Waals surface area (Å²) >= 11 is 0. The molecular weight excluding hydrogens is 290 g/mol. The van der Waals surface area contributed by atoms with Crippen molar-refractivity contribution in [2.75, 3.05) is 25.1 Å². The third-order valence-electron chi connectivity index (χ3n) is 4.26. The van der Waals surface area contributed by atoms with Crippen LogP contribution >= 0.6 is 0 Å². The summed E-state index contributed by atoms with van der Waals surface area (Å²) in [5, 5.41) is 12.1. The molecule has 23 heavy (non-hydrogen) atoms. The van der Waals surface area contributed by atoms with Crippen molar-refractivity contribution < 1.29 is 4.74 Å². The lowest BCUT2D eigenvalue weighted by Gasteiger charge is -2.22. The fraction of sp³-hybridized carbons (Fsp3) is 0.353. The summed E-state index contributed by atoms with van der Waals surface area (Å²) in [5.74, 6) is 2.24. The van der Waals surface area contributed by atoms with Crippen molar-refractivity contribution in [3.8, 4) is 11.4 Å². The molecule has 6 nitrogen and oxygen atoms in total. The van der Waals surface area contributed by atoms with E-state index in [0.29, 0.717) is 5.92 Å². The van der Waals surface area contributed by atoms with Gasteiger partial charge < -0.3 is 10.1 Å². The van der Waals surface area contributed by atoms with Crippen molar-refractivity contribution in [1.82, 2.24) is 19.6 Å². The fourth-order valence-corrected chi connectivity index (χ4v) is 2.93. The monoisotopic (exact) mass is 309 g/mol. The lowest BCUT2D eigenvalue weighted by molar-refractivity contribution is 0.0699. The number of benzene rings is 1. The summed E-state index contributed by atoms with van der Waals surface area (Å²) in [7, 11) is 0. The highest BCUT2D eigenvalue weighted by Gasteiger charge is 2.16. The average Bonchev–Trinajstić information content (AvgIpc) is 3.06. The maximum atomic E-state index is 5.40. The third kappa shape index (κ3) is 2.90. The van der Waals surface area contributed by atoms with Crippen LogP contribution in [0, 0.1) is 5.92 Å². The number of hydrogen-bond acceptors (Lipinski definition) is 5. The molecule has 0 unspecified atom stereocenters. The van der Waals surface area contributed by atoms with Crippen LogP contribution in [0.25, 0.3) is 17.0 Å². The van der Waals surface area contributed by atoms with Crippen molar-refractivity contribution in [3.63, 3.8) is 0 Å². The van der Waals surface area contributed by atoms with E-state index >= 15 is 0 Å². The van der Waals surface area contributed by atoms with Crippen molar-refractivity contribution in [1.29, 1.82) is 0 Å². The lowest BCUT2D eigenvalue weighted by Crippen LogP contribution is -2.23. The van der Waals surface area contributed by atoms with Crippen LogP contribution in [-0.4, -0.2) is 39.3 Å². The fourth-order valence-electron chi connectivity index (χ4n) is 2.93. The van der Waals surface area contributed by atoms with Crippen LogP contribution in [0.3, 0.4) is 0 Å². The molecule has 118 valence electrons. The van der Waals surface area contributed by atoms with Gasteiger partial charge in [-0.1, -0.05) is 30.3 Å². The van der Waals surface area contributed by atoms with Crippen LogP contribution in [0.1, 0.15) is 12.8 Å². The third-order valence-corrected chi connectivity index (χ3v) is 4.26. The first-order valence-corrected chi connectivity index (χ1v) is 7.98. The molecule has 0 amide bonds.